The van der Waals surface area contributed by atoms with Crippen molar-refractivity contribution in [3.05, 3.63) is 60.2 Å². The second kappa shape index (κ2) is 9.85. The Hall–Kier alpha value is -3.38. The lowest BCUT2D eigenvalue weighted by Crippen LogP contribution is -2.63. The Labute approximate surface area is 196 Å². The Morgan fingerprint density at radius 3 is 2.59 bits per heavy atom. The predicted molar refractivity (Wildman–Crippen MR) is 118 cm³/mol. The summed E-state index contributed by atoms with van der Waals surface area (Å²) in [5.74, 6) is -2.01. The van der Waals surface area contributed by atoms with Gasteiger partial charge in [0, 0.05) is 38.6 Å². The summed E-state index contributed by atoms with van der Waals surface area (Å²) in [6, 6.07) is 5.42. The first-order chi connectivity index (χ1) is 16.3. The molecule has 34 heavy (non-hydrogen) atoms. The van der Waals surface area contributed by atoms with Gasteiger partial charge in [0.1, 0.15) is 17.9 Å². The zero-order valence-electron chi connectivity index (χ0n) is 18.2. The molecule has 1 aromatic heterocycles. The molecular weight excluding hydrogens is 465 g/mol. The molecule has 0 spiro atoms. The van der Waals surface area contributed by atoms with Crippen LogP contribution >= 0.6 is 0 Å². The minimum atomic E-state index is -4.19. The lowest BCUT2D eigenvalue weighted by molar-refractivity contribution is -0.132. The number of hydrogen-bond donors (Lipinski definition) is 2. The van der Waals surface area contributed by atoms with Crippen LogP contribution in [0, 0.1) is 5.82 Å². The van der Waals surface area contributed by atoms with Gasteiger partial charge in [0.25, 0.3) is 5.91 Å². The summed E-state index contributed by atoms with van der Waals surface area (Å²) < 4.78 is 41.1. The number of amides is 3. The van der Waals surface area contributed by atoms with E-state index in [0.29, 0.717) is 24.9 Å². The predicted octanol–water partition coefficient (Wildman–Crippen LogP) is 0.131. The zero-order chi connectivity index (χ0) is 24.3. The maximum Gasteiger partial charge on any atom is 0.255 e. The van der Waals surface area contributed by atoms with Crippen molar-refractivity contribution in [1.82, 2.24) is 24.8 Å². The number of sulfonamides is 1. The minimum Gasteiger partial charge on any atom is -0.354 e. The van der Waals surface area contributed by atoms with Gasteiger partial charge in [-0.1, -0.05) is 0 Å². The van der Waals surface area contributed by atoms with E-state index in [1.807, 2.05) is 0 Å². The van der Waals surface area contributed by atoms with Gasteiger partial charge >= 0.3 is 0 Å². The number of pyridine rings is 1. The van der Waals surface area contributed by atoms with Crippen molar-refractivity contribution in [3.8, 4) is 0 Å². The van der Waals surface area contributed by atoms with Crippen molar-refractivity contribution in [2.75, 3.05) is 26.2 Å². The second-order valence-electron chi connectivity index (χ2n) is 8.07. The summed E-state index contributed by atoms with van der Waals surface area (Å²) in [7, 11) is -4.19. The molecule has 0 bridgehead atoms. The number of nitrogens with one attached hydrogen (secondary N) is 2. The molecule has 3 amide bonds. The maximum absolute atomic E-state index is 13.4. The van der Waals surface area contributed by atoms with Crippen LogP contribution in [-0.2, 0) is 19.6 Å². The van der Waals surface area contributed by atoms with Crippen LogP contribution in [0.4, 0.5) is 4.39 Å². The molecule has 2 aliphatic rings. The van der Waals surface area contributed by atoms with Crippen molar-refractivity contribution in [2.45, 2.75) is 29.8 Å². The molecule has 0 saturated carbocycles. The Kier molecular flexibility index (Phi) is 6.89. The fourth-order valence-electron chi connectivity index (χ4n) is 4.04. The summed E-state index contributed by atoms with van der Waals surface area (Å²) in [5, 5.41) is 5.30. The quantitative estimate of drug-likeness (QED) is 0.615. The number of nitrogens with zero attached hydrogens (tertiary/aromatic N) is 3. The number of hydrogen-bond acceptors (Lipinski definition) is 6. The zero-order valence-corrected chi connectivity index (χ0v) is 19.0. The number of piperidine rings is 1. The second-order valence-corrected chi connectivity index (χ2v) is 9.96. The summed E-state index contributed by atoms with van der Waals surface area (Å²) in [5.41, 5.74) is 0.308. The van der Waals surface area contributed by atoms with Gasteiger partial charge in [-0.15, -0.1) is 0 Å². The highest BCUT2D eigenvalue weighted by Crippen LogP contribution is 2.23. The lowest BCUT2D eigenvalue weighted by Gasteiger charge is -2.40. The van der Waals surface area contributed by atoms with E-state index < -0.39 is 33.8 Å². The fraction of sp³-hybridized carbons (Fsp3) is 0.364. The number of halogens is 1. The maximum atomic E-state index is 13.4. The molecule has 2 N–H and O–H groups in total. The first-order valence-corrected chi connectivity index (χ1v) is 12.3. The van der Waals surface area contributed by atoms with Gasteiger partial charge in [0.2, 0.25) is 21.8 Å². The molecule has 2 aromatic rings. The van der Waals surface area contributed by atoms with Gasteiger partial charge in [-0.2, -0.15) is 4.31 Å². The lowest BCUT2D eigenvalue weighted by atomic mass is 10.1. The Morgan fingerprint density at radius 1 is 1.15 bits per heavy atom. The highest BCUT2D eigenvalue weighted by atomic mass is 32.2. The van der Waals surface area contributed by atoms with Crippen molar-refractivity contribution < 1.29 is 27.2 Å². The Morgan fingerprint density at radius 2 is 1.91 bits per heavy atom. The molecule has 2 fully saturated rings. The van der Waals surface area contributed by atoms with Crippen LogP contribution in [0.15, 0.2) is 53.7 Å². The van der Waals surface area contributed by atoms with E-state index in [9.17, 15) is 27.2 Å². The largest absolute Gasteiger partial charge is 0.354 e. The van der Waals surface area contributed by atoms with Crippen LogP contribution in [-0.4, -0.2) is 78.6 Å². The normalized spacial score (nSPS) is 21.6. The molecule has 180 valence electrons. The molecule has 10 nitrogen and oxygen atoms in total. The van der Waals surface area contributed by atoms with Gasteiger partial charge in [-0.05, 0) is 49.2 Å². The highest BCUT2D eigenvalue weighted by Gasteiger charge is 2.42. The monoisotopic (exact) mass is 489 g/mol. The van der Waals surface area contributed by atoms with Crippen LogP contribution in [0.2, 0.25) is 0 Å². The molecule has 4 rings (SSSR count). The highest BCUT2D eigenvalue weighted by molar-refractivity contribution is 7.89. The Balaban J connectivity index is 1.62. The minimum absolute atomic E-state index is 0.0435. The molecule has 1 aromatic carbocycles. The van der Waals surface area contributed by atoms with Crippen LogP contribution in [0.25, 0.3) is 0 Å². The number of piperazine rings is 1. The molecule has 2 atom stereocenters. The number of rotatable bonds is 5. The topological polar surface area (TPSA) is 129 Å². The van der Waals surface area contributed by atoms with Crippen LogP contribution in [0.1, 0.15) is 23.2 Å². The molecule has 0 radical (unpaired) electrons. The SMILES string of the molecule is O=C(N[C@@H]1CCCNC1=O)[C@H]1CN(C(=O)c2cccnc2)CCN1S(=O)(=O)c1ccc(F)cc1. The van der Waals surface area contributed by atoms with Crippen molar-refractivity contribution in [1.29, 1.82) is 0 Å². The molecular formula is C22H24FN5O5S. The first-order valence-electron chi connectivity index (χ1n) is 10.8. The van der Waals surface area contributed by atoms with Crippen LogP contribution in [0.3, 0.4) is 0 Å². The standard InChI is InChI=1S/C22H24FN5O5S/c23-16-5-7-17(8-6-16)34(32,33)28-12-11-27(22(31)15-3-1-9-24-13-15)14-19(28)21(30)26-18-4-2-10-25-20(18)29/h1,3,5-9,13,18-19H,2,4,10-12,14H2,(H,25,29)(H,26,30)/t18-,19-/m1/s1. The van der Waals surface area contributed by atoms with Crippen LogP contribution in [0.5, 0.6) is 0 Å². The summed E-state index contributed by atoms with van der Waals surface area (Å²) in [6.07, 6.45) is 4.01. The molecule has 3 heterocycles. The van der Waals surface area contributed by atoms with E-state index in [1.165, 1.54) is 17.3 Å². The summed E-state index contributed by atoms with van der Waals surface area (Å²) in [6.45, 7) is 0.184. The van der Waals surface area contributed by atoms with Gasteiger partial charge in [-0.3, -0.25) is 19.4 Å². The van der Waals surface area contributed by atoms with E-state index in [4.69, 9.17) is 0 Å². The molecule has 2 aliphatic heterocycles. The van der Waals surface area contributed by atoms with Crippen LogP contribution < -0.4 is 10.6 Å². The van der Waals surface area contributed by atoms with Crippen molar-refractivity contribution >= 4 is 27.7 Å². The van der Waals surface area contributed by atoms with E-state index in [1.54, 1.807) is 12.1 Å². The average Bonchev–Trinajstić information content (AvgIpc) is 2.85. The number of benzene rings is 1. The third-order valence-corrected chi connectivity index (χ3v) is 7.77. The van der Waals surface area contributed by atoms with Crippen molar-refractivity contribution in [2.24, 2.45) is 0 Å². The molecule has 2 saturated heterocycles. The third kappa shape index (κ3) is 4.92. The van der Waals surface area contributed by atoms with E-state index >= 15 is 0 Å². The average molecular weight is 490 g/mol. The van der Waals surface area contributed by atoms with Gasteiger partial charge in [0.15, 0.2) is 0 Å². The molecule has 12 heteroatoms. The molecule has 0 aliphatic carbocycles. The first kappa shape index (κ1) is 23.8. The molecule has 0 unspecified atom stereocenters. The van der Waals surface area contributed by atoms with Gasteiger partial charge in [-0.25, -0.2) is 12.8 Å². The number of aromatic nitrogens is 1. The smallest absolute Gasteiger partial charge is 0.255 e. The fourth-order valence-corrected chi connectivity index (χ4v) is 5.61. The van der Waals surface area contributed by atoms with E-state index in [0.717, 1.165) is 28.6 Å². The van der Waals surface area contributed by atoms with E-state index in [-0.39, 0.29) is 36.3 Å². The third-order valence-electron chi connectivity index (χ3n) is 5.85. The van der Waals surface area contributed by atoms with Gasteiger partial charge in [0.05, 0.1) is 10.5 Å². The van der Waals surface area contributed by atoms with E-state index in [2.05, 4.69) is 15.6 Å². The number of carbonyl (C=O) groups excluding carboxylic acids is 3. The number of carbonyl (C=O) groups is 3. The van der Waals surface area contributed by atoms with Gasteiger partial charge < -0.3 is 15.5 Å². The Bertz CT molecular complexity index is 1180. The summed E-state index contributed by atoms with van der Waals surface area (Å²) >= 11 is 0. The van der Waals surface area contributed by atoms with Crippen molar-refractivity contribution in [3.63, 3.8) is 0 Å². The summed E-state index contributed by atoms with van der Waals surface area (Å²) in [4.78, 5) is 43.5.